The topological polar surface area (TPSA) is 78.7 Å². The Bertz CT molecular complexity index is 726. The predicted molar refractivity (Wildman–Crippen MR) is 63.1 cm³/mol. The first-order chi connectivity index (χ1) is 8.78. The fraction of sp³-hybridized carbons (Fsp3) is 0.273. The summed E-state index contributed by atoms with van der Waals surface area (Å²) >= 11 is 0. The standard InChI is InChI=1S/C11H11N5O2/c1-2-15-7-9-10(13-15)11(17)16(14-12-9)6-8-4-3-5-18-8/h3-5,7H,2,6H2,1H3. The molecule has 0 saturated carbocycles. The molecule has 0 unspecified atom stereocenters. The third-order valence-electron chi connectivity index (χ3n) is 2.65. The third kappa shape index (κ3) is 1.69. The van der Waals surface area contributed by atoms with E-state index in [0.29, 0.717) is 23.3 Å². The molecule has 3 aromatic heterocycles. The predicted octanol–water partition coefficient (Wildman–Crippen LogP) is 0.649. The molecule has 3 rings (SSSR count). The highest BCUT2D eigenvalue weighted by atomic mass is 16.3. The summed E-state index contributed by atoms with van der Waals surface area (Å²) < 4.78 is 8.09. The number of nitrogens with zero attached hydrogens (tertiary/aromatic N) is 5. The molecule has 7 heteroatoms. The first-order valence-corrected chi connectivity index (χ1v) is 5.61. The fourth-order valence-corrected chi connectivity index (χ4v) is 1.72. The van der Waals surface area contributed by atoms with Crippen molar-refractivity contribution in [2.24, 2.45) is 0 Å². The van der Waals surface area contributed by atoms with Gasteiger partial charge in [0.2, 0.25) is 0 Å². The van der Waals surface area contributed by atoms with Crippen molar-refractivity contribution < 1.29 is 4.42 Å². The summed E-state index contributed by atoms with van der Waals surface area (Å²) in [5.74, 6) is 0.653. The maximum atomic E-state index is 12.1. The number of aryl methyl sites for hydroxylation is 1. The van der Waals surface area contributed by atoms with Crippen LogP contribution in [0.4, 0.5) is 0 Å². The Morgan fingerprint density at radius 3 is 3.06 bits per heavy atom. The van der Waals surface area contributed by atoms with Crippen LogP contribution in [-0.4, -0.2) is 24.8 Å². The zero-order valence-corrected chi connectivity index (χ0v) is 9.78. The maximum Gasteiger partial charge on any atom is 0.298 e. The van der Waals surface area contributed by atoms with Gasteiger partial charge in [0.1, 0.15) is 17.8 Å². The molecule has 0 aromatic carbocycles. The van der Waals surface area contributed by atoms with Crippen molar-refractivity contribution in [2.75, 3.05) is 0 Å². The van der Waals surface area contributed by atoms with E-state index in [4.69, 9.17) is 4.42 Å². The van der Waals surface area contributed by atoms with Crippen LogP contribution in [0, 0.1) is 0 Å². The average molecular weight is 245 g/mol. The van der Waals surface area contributed by atoms with Crippen LogP contribution in [0.15, 0.2) is 33.8 Å². The van der Waals surface area contributed by atoms with Gasteiger partial charge in [-0.15, -0.1) is 5.10 Å². The van der Waals surface area contributed by atoms with E-state index in [1.165, 1.54) is 4.68 Å². The van der Waals surface area contributed by atoms with E-state index >= 15 is 0 Å². The summed E-state index contributed by atoms with van der Waals surface area (Å²) in [7, 11) is 0. The first kappa shape index (κ1) is 10.7. The lowest BCUT2D eigenvalue weighted by molar-refractivity contribution is 0.464. The SMILES string of the molecule is CCn1cc2nnn(Cc3ccco3)c(=O)c2n1. The largest absolute Gasteiger partial charge is 0.467 e. The Morgan fingerprint density at radius 1 is 1.44 bits per heavy atom. The van der Waals surface area contributed by atoms with E-state index in [1.807, 2.05) is 6.92 Å². The zero-order chi connectivity index (χ0) is 12.5. The van der Waals surface area contributed by atoms with Crippen LogP contribution in [0.1, 0.15) is 12.7 Å². The molecule has 0 aliphatic heterocycles. The second-order valence-corrected chi connectivity index (χ2v) is 3.85. The molecule has 0 spiro atoms. The van der Waals surface area contributed by atoms with E-state index in [0.717, 1.165) is 0 Å². The molecule has 3 aromatic rings. The van der Waals surface area contributed by atoms with Crippen LogP contribution < -0.4 is 5.56 Å². The van der Waals surface area contributed by atoms with Gasteiger partial charge in [0, 0.05) is 6.54 Å². The first-order valence-electron chi connectivity index (χ1n) is 5.61. The molecular formula is C11H11N5O2. The van der Waals surface area contributed by atoms with Gasteiger partial charge in [-0.2, -0.15) is 5.10 Å². The Balaban J connectivity index is 2.08. The highest BCUT2D eigenvalue weighted by Gasteiger charge is 2.10. The second kappa shape index (κ2) is 4.10. The molecule has 0 saturated heterocycles. The number of rotatable bonds is 3. The van der Waals surface area contributed by atoms with Gasteiger partial charge in [0.05, 0.1) is 12.5 Å². The second-order valence-electron chi connectivity index (χ2n) is 3.85. The number of fused-ring (bicyclic) bond motifs is 1. The number of aromatic nitrogens is 5. The smallest absolute Gasteiger partial charge is 0.298 e. The molecule has 7 nitrogen and oxygen atoms in total. The number of hydrogen-bond donors (Lipinski definition) is 0. The van der Waals surface area contributed by atoms with Gasteiger partial charge < -0.3 is 4.42 Å². The molecule has 0 radical (unpaired) electrons. The number of hydrogen-bond acceptors (Lipinski definition) is 5. The Hall–Kier alpha value is -2.44. The average Bonchev–Trinajstić information content (AvgIpc) is 3.02. The summed E-state index contributed by atoms with van der Waals surface area (Å²) in [5.41, 5.74) is 0.583. The summed E-state index contributed by atoms with van der Waals surface area (Å²) in [4.78, 5) is 12.1. The van der Waals surface area contributed by atoms with Crippen LogP contribution in [-0.2, 0) is 13.1 Å². The van der Waals surface area contributed by atoms with Crippen molar-refractivity contribution in [1.82, 2.24) is 24.8 Å². The Kier molecular flexibility index (Phi) is 2.44. The van der Waals surface area contributed by atoms with Crippen LogP contribution in [0.2, 0.25) is 0 Å². The summed E-state index contributed by atoms with van der Waals surface area (Å²) in [6.07, 6.45) is 3.26. The van der Waals surface area contributed by atoms with Gasteiger partial charge in [-0.05, 0) is 19.1 Å². The fourth-order valence-electron chi connectivity index (χ4n) is 1.72. The number of furan rings is 1. The normalized spacial score (nSPS) is 11.2. The van der Waals surface area contributed by atoms with Crippen molar-refractivity contribution in [2.45, 2.75) is 20.0 Å². The van der Waals surface area contributed by atoms with Crippen LogP contribution in [0.3, 0.4) is 0 Å². The van der Waals surface area contributed by atoms with Gasteiger partial charge in [-0.3, -0.25) is 9.48 Å². The minimum absolute atomic E-state index is 0.258. The van der Waals surface area contributed by atoms with Crippen molar-refractivity contribution >= 4 is 11.0 Å². The zero-order valence-electron chi connectivity index (χ0n) is 9.78. The molecule has 0 amide bonds. The van der Waals surface area contributed by atoms with Gasteiger partial charge in [-0.1, -0.05) is 5.21 Å². The van der Waals surface area contributed by atoms with Crippen molar-refractivity contribution in [3.05, 3.63) is 40.7 Å². The lowest BCUT2D eigenvalue weighted by Crippen LogP contribution is -2.24. The monoisotopic (exact) mass is 245 g/mol. The Morgan fingerprint density at radius 2 is 2.33 bits per heavy atom. The quantitative estimate of drug-likeness (QED) is 0.677. The molecule has 3 heterocycles. The molecule has 0 aliphatic rings. The maximum absolute atomic E-state index is 12.1. The van der Waals surface area contributed by atoms with Gasteiger partial charge in [0.15, 0.2) is 5.52 Å². The molecule has 0 N–H and O–H groups in total. The van der Waals surface area contributed by atoms with Crippen molar-refractivity contribution in [3.63, 3.8) is 0 Å². The van der Waals surface area contributed by atoms with Crippen LogP contribution in [0.25, 0.3) is 11.0 Å². The van der Waals surface area contributed by atoms with Crippen molar-refractivity contribution in [3.8, 4) is 0 Å². The van der Waals surface area contributed by atoms with Gasteiger partial charge in [0.25, 0.3) is 5.56 Å². The van der Waals surface area contributed by atoms with E-state index < -0.39 is 0 Å². The lowest BCUT2D eigenvalue weighted by Gasteiger charge is -1.99. The summed E-state index contributed by atoms with van der Waals surface area (Å²) in [5, 5.41) is 12.0. The molecule has 92 valence electrons. The molecule has 0 aliphatic carbocycles. The molecule has 0 bridgehead atoms. The van der Waals surface area contributed by atoms with E-state index in [2.05, 4.69) is 15.4 Å². The van der Waals surface area contributed by atoms with Crippen LogP contribution >= 0.6 is 0 Å². The summed E-state index contributed by atoms with van der Waals surface area (Å²) in [6, 6.07) is 3.54. The molecule has 0 atom stereocenters. The van der Waals surface area contributed by atoms with E-state index in [-0.39, 0.29) is 12.1 Å². The molecule has 0 fully saturated rings. The summed E-state index contributed by atoms with van der Waals surface area (Å²) in [6.45, 7) is 2.89. The van der Waals surface area contributed by atoms with Gasteiger partial charge in [-0.25, -0.2) is 4.68 Å². The molecule has 18 heavy (non-hydrogen) atoms. The molecular weight excluding hydrogens is 234 g/mol. The third-order valence-corrected chi connectivity index (χ3v) is 2.65. The lowest BCUT2D eigenvalue weighted by atomic mass is 10.4. The van der Waals surface area contributed by atoms with Crippen LogP contribution in [0.5, 0.6) is 0 Å². The minimum atomic E-state index is -0.261. The van der Waals surface area contributed by atoms with E-state index in [1.54, 1.807) is 29.3 Å². The minimum Gasteiger partial charge on any atom is -0.467 e. The highest BCUT2D eigenvalue weighted by molar-refractivity contribution is 5.71. The Labute approximate surface area is 102 Å². The van der Waals surface area contributed by atoms with E-state index in [9.17, 15) is 4.79 Å². The van der Waals surface area contributed by atoms with Crippen molar-refractivity contribution in [1.29, 1.82) is 0 Å². The van der Waals surface area contributed by atoms with Gasteiger partial charge >= 0.3 is 0 Å². The highest BCUT2D eigenvalue weighted by Crippen LogP contribution is 2.04.